The monoisotopic (exact) mass is 371 g/mol. The number of hydrogen-bond acceptors (Lipinski definition) is 4. The van der Waals surface area contributed by atoms with E-state index in [1.807, 2.05) is 4.90 Å². The third kappa shape index (κ3) is 3.02. The maximum Gasteiger partial charge on any atom is 0.347 e. The van der Waals surface area contributed by atoms with Crippen molar-refractivity contribution in [3.8, 4) is 0 Å². The summed E-state index contributed by atoms with van der Waals surface area (Å²) in [6.45, 7) is 3.41. The van der Waals surface area contributed by atoms with Crippen molar-refractivity contribution in [3.63, 3.8) is 0 Å². The molecule has 8 heteroatoms. The molecule has 2 amide bonds. The molecule has 8 nitrogen and oxygen atoms in total. The van der Waals surface area contributed by atoms with Crippen LogP contribution < -0.4 is 5.69 Å². The van der Waals surface area contributed by atoms with Crippen LogP contribution in [-0.2, 0) is 4.79 Å². The number of rotatable bonds is 3. The summed E-state index contributed by atoms with van der Waals surface area (Å²) in [6.07, 6.45) is 6.38. The second kappa shape index (κ2) is 6.51. The van der Waals surface area contributed by atoms with Crippen LogP contribution in [0.4, 0.5) is 0 Å². The van der Waals surface area contributed by atoms with Crippen molar-refractivity contribution in [2.75, 3.05) is 20.1 Å². The Morgan fingerprint density at radius 3 is 2.81 bits per heavy atom. The topological polar surface area (TPSA) is 90.8 Å². The Balaban J connectivity index is 1.48. The normalized spacial score (nSPS) is 21.7. The van der Waals surface area contributed by atoms with Crippen LogP contribution in [0.2, 0.25) is 0 Å². The molecule has 2 aromatic rings. The molecule has 0 spiro atoms. The van der Waals surface area contributed by atoms with Crippen molar-refractivity contribution in [1.29, 1.82) is 0 Å². The van der Waals surface area contributed by atoms with Crippen LogP contribution in [0.5, 0.6) is 0 Å². The highest BCUT2D eigenvalue weighted by Gasteiger charge is 2.43. The van der Waals surface area contributed by atoms with Gasteiger partial charge in [-0.2, -0.15) is 5.10 Å². The van der Waals surface area contributed by atoms with Gasteiger partial charge in [-0.15, -0.1) is 0 Å². The zero-order valence-electron chi connectivity index (χ0n) is 15.8. The summed E-state index contributed by atoms with van der Waals surface area (Å²) < 4.78 is 1.36. The van der Waals surface area contributed by atoms with E-state index in [0.717, 1.165) is 38.6 Å². The van der Waals surface area contributed by atoms with Crippen molar-refractivity contribution < 1.29 is 9.59 Å². The van der Waals surface area contributed by atoms with Gasteiger partial charge >= 0.3 is 5.69 Å². The molecule has 2 fully saturated rings. The van der Waals surface area contributed by atoms with E-state index in [2.05, 4.69) is 17.1 Å². The molecule has 1 atom stereocenters. The Labute approximate surface area is 157 Å². The highest BCUT2D eigenvalue weighted by atomic mass is 16.2. The molecule has 0 radical (unpaired) electrons. The first-order valence-corrected chi connectivity index (χ1v) is 9.52. The van der Waals surface area contributed by atoms with Crippen molar-refractivity contribution in [2.45, 2.75) is 45.1 Å². The van der Waals surface area contributed by atoms with E-state index in [1.54, 1.807) is 30.3 Å². The van der Waals surface area contributed by atoms with Crippen LogP contribution in [0.1, 0.15) is 49.4 Å². The molecule has 144 valence electrons. The number of hydrogen-bond donors (Lipinski definition) is 1. The molecule has 1 aliphatic carbocycles. The fourth-order valence-electron chi connectivity index (χ4n) is 4.17. The first kappa shape index (κ1) is 17.8. The molecule has 0 unspecified atom stereocenters. The fraction of sp³-hybridized carbons (Fsp3) is 0.579. The number of H-pyrrole nitrogens is 1. The molecule has 3 heterocycles. The quantitative estimate of drug-likeness (QED) is 0.880. The van der Waals surface area contributed by atoms with E-state index in [9.17, 15) is 14.4 Å². The number of likely N-dealkylation sites (tertiary alicyclic amines) is 1. The van der Waals surface area contributed by atoms with Gasteiger partial charge in [-0.05, 0) is 37.8 Å². The van der Waals surface area contributed by atoms with Gasteiger partial charge in [-0.1, -0.05) is 13.3 Å². The zero-order valence-corrected chi connectivity index (χ0v) is 15.8. The molecule has 1 N–H and O–H groups in total. The molecular formula is C19H25N5O3. The molecule has 4 rings (SSSR count). The minimum atomic E-state index is -0.330. The number of piperidine rings is 1. The van der Waals surface area contributed by atoms with E-state index in [-0.39, 0.29) is 29.0 Å². The first-order valence-electron chi connectivity index (χ1n) is 9.52. The summed E-state index contributed by atoms with van der Waals surface area (Å²) in [6, 6.07) is 3.23. The fourth-order valence-corrected chi connectivity index (χ4v) is 4.17. The lowest BCUT2D eigenvalue weighted by Gasteiger charge is -2.44. The maximum absolute atomic E-state index is 12.9. The average molecular weight is 371 g/mol. The Hall–Kier alpha value is -2.64. The molecule has 1 saturated heterocycles. The maximum atomic E-state index is 12.9. The molecule has 1 saturated carbocycles. The van der Waals surface area contributed by atoms with E-state index in [1.165, 1.54) is 4.40 Å². The van der Waals surface area contributed by atoms with Crippen molar-refractivity contribution in [1.82, 2.24) is 24.4 Å². The number of pyridine rings is 1. The Bertz CT molecular complexity index is 942. The van der Waals surface area contributed by atoms with Gasteiger partial charge < -0.3 is 9.80 Å². The number of carbonyl (C=O) groups is 2. The number of aromatic amines is 1. The van der Waals surface area contributed by atoms with E-state index in [0.29, 0.717) is 17.8 Å². The van der Waals surface area contributed by atoms with Crippen LogP contribution in [0.3, 0.4) is 0 Å². The summed E-state index contributed by atoms with van der Waals surface area (Å²) >= 11 is 0. The average Bonchev–Trinajstić information content (AvgIpc) is 3.04. The van der Waals surface area contributed by atoms with Gasteiger partial charge in [0.15, 0.2) is 5.65 Å². The summed E-state index contributed by atoms with van der Waals surface area (Å²) in [5.74, 6) is 0.110. The smallest absolute Gasteiger partial charge is 0.340 e. The van der Waals surface area contributed by atoms with Crippen LogP contribution in [0, 0.1) is 5.41 Å². The molecule has 1 aliphatic heterocycles. The van der Waals surface area contributed by atoms with Crippen LogP contribution in [-0.4, -0.2) is 62.4 Å². The van der Waals surface area contributed by atoms with Gasteiger partial charge in [0.25, 0.3) is 5.91 Å². The molecule has 2 aromatic heterocycles. The number of fused-ring (bicyclic) bond motifs is 1. The van der Waals surface area contributed by atoms with Gasteiger partial charge in [0, 0.05) is 43.4 Å². The molecular weight excluding hydrogens is 346 g/mol. The lowest BCUT2D eigenvalue weighted by molar-refractivity contribution is -0.148. The predicted molar refractivity (Wildman–Crippen MR) is 99.5 cm³/mol. The minimum Gasteiger partial charge on any atom is -0.340 e. The Morgan fingerprint density at radius 1 is 1.33 bits per heavy atom. The van der Waals surface area contributed by atoms with Gasteiger partial charge in [-0.25, -0.2) is 9.89 Å². The van der Waals surface area contributed by atoms with Gasteiger partial charge in [0.2, 0.25) is 5.91 Å². The summed E-state index contributed by atoms with van der Waals surface area (Å²) in [7, 11) is 1.78. The second-order valence-corrected chi connectivity index (χ2v) is 8.05. The van der Waals surface area contributed by atoms with E-state index in [4.69, 9.17) is 0 Å². The van der Waals surface area contributed by atoms with Gasteiger partial charge in [-0.3, -0.25) is 14.0 Å². The van der Waals surface area contributed by atoms with Crippen molar-refractivity contribution >= 4 is 17.5 Å². The molecule has 2 aliphatic rings. The summed E-state index contributed by atoms with van der Waals surface area (Å²) in [5, 5.41) is 6.28. The summed E-state index contributed by atoms with van der Waals surface area (Å²) in [4.78, 5) is 41.0. The minimum absolute atomic E-state index is 0.00326. The molecule has 27 heavy (non-hydrogen) atoms. The lowest BCUT2D eigenvalue weighted by atomic mass is 9.69. The number of aromatic nitrogens is 3. The highest BCUT2D eigenvalue weighted by molar-refractivity contribution is 5.95. The SMILES string of the molecule is CN(C(=O)c1ccn2c(=O)[nH]nc2c1)[C@H]1CCCN(C(=O)C2(C)CCC2)C1. The Kier molecular flexibility index (Phi) is 4.28. The van der Waals surface area contributed by atoms with Crippen LogP contribution >= 0.6 is 0 Å². The van der Waals surface area contributed by atoms with Gasteiger partial charge in [0.05, 0.1) is 0 Å². The lowest BCUT2D eigenvalue weighted by Crippen LogP contribution is -2.54. The molecule has 0 bridgehead atoms. The van der Waals surface area contributed by atoms with Crippen molar-refractivity contribution in [2.24, 2.45) is 5.41 Å². The third-order valence-corrected chi connectivity index (χ3v) is 6.19. The second-order valence-electron chi connectivity index (χ2n) is 8.05. The standard InChI is InChI=1S/C19H25N5O3/c1-19(7-4-8-19)17(26)23-9-3-5-14(12-23)22(2)16(25)13-6-10-24-15(11-13)20-21-18(24)27/h6,10-11,14H,3-5,7-9,12H2,1-2H3,(H,21,27)/t14-/m0/s1. The Morgan fingerprint density at radius 2 is 2.11 bits per heavy atom. The number of likely N-dealkylation sites (N-methyl/N-ethyl adjacent to an activating group) is 1. The highest BCUT2D eigenvalue weighted by Crippen LogP contribution is 2.42. The number of nitrogens with zero attached hydrogens (tertiary/aromatic N) is 4. The van der Waals surface area contributed by atoms with Crippen molar-refractivity contribution in [3.05, 3.63) is 34.4 Å². The first-order chi connectivity index (χ1) is 12.9. The third-order valence-electron chi connectivity index (χ3n) is 6.19. The predicted octanol–water partition coefficient (Wildman–Crippen LogP) is 1.28. The molecule has 0 aromatic carbocycles. The largest absolute Gasteiger partial charge is 0.347 e. The van der Waals surface area contributed by atoms with Crippen LogP contribution in [0.25, 0.3) is 5.65 Å². The number of carbonyl (C=O) groups excluding carboxylic acids is 2. The van der Waals surface area contributed by atoms with E-state index < -0.39 is 0 Å². The van der Waals surface area contributed by atoms with Crippen LogP contribution in [0.15, 0.2) is 23.1 Å². The summed E-state index contributed by atoms with van der Waals surface area (Å²) in [5.41, 5.74) is 0.363. The number of nitrogens with one attached hydrogen (secondary N) is 1. The van der Waals surface area contributed by atoms with Gasteiger partial charge in [0.1, 0.15) is 0 Å². The zero-order chi connectivity index (χ0) is 19.2. The van der Waals surface area contributed by atoms with E-state index >= 15 is 0 Å². The number of amides is 2.